The van der Waals surface area contributed by atoms with Crippen LogP contribution < -0.4 is 0 Å². The Morgan fingerprint density at radius 1 is 1.12 bits per heavy atom. The predicted molar refractivity (Wildman–Crippen MR) is 102 cm³/mol. The number of aryl methyl sites for hydroxylation is 1. The second kappa shape index (κ2) is 8.03. The lowest BCUT2D eigenvalue weighted by atomic mass is 9.84. The number of benzene rings is 2. The van der Waals surface area contributed by atoms with Crippen molar-refractivity contribution in [3.05, 3.63) is 94.0 Å². The van der Waals surface area contributed by atoms with Crippen molar-refractivity contribution in [1.82, 2.24) is 9.97 Å². The monoisotopic (exact) mass is 395 g/mol. The van der Waals surface area contributed by atoms with Crippen LogP contribution in [0, 0.1) is 6.92 Å². The van der Waals surface area contributed by atoms with Gasteiger partial charge in [-0.3, -0.25) is 9.97 Å². The van der Waals surface area contributed by atoms with Crippen LogP contribution in [0.1, 0.15) is 34.7 Å². The lowest BCUT2D eigenvalue weighted by Gasteiger charge is -2.20. The number of halogens is 1. The van der Waals surface area contributed by atoms with Crippen LogP contribution >= 0.6 is 15.9 Å². The lowest BCUT2D eigenvalue weighted by Crippen LogP contribution is -2.13. The first-order valence-electron chi connectivity index (χ1n) is 7.97. The van der Waals surface area contributed by atoms with E-state index in [2.05, 4.69) is 62.2 Å². The van der Waals surface area contributed by atoms with Crippen LogP contribution in [-0.4, -0.2) is 20.9 Å². The molecule has 0 fully saturated rings. The third-order valence-corrected chi connectivity index (χ3v) is 4.74. The van der Waals surface area contributed by atoms with Gasteiger partial charge in [0.1, 0.15) is 11.4 Å². The van der Waals surface area contributed by atoms with Gasteiger partial charge in [-0.05, 0) is 35.7 Å². The highest BCUT2D eigenvalue weighted by molar-refractivity contribution is 9.10. The van der Waals surface area contributed by atoms with Crippen LogP contribution in [0.2, 0.25) is 0 Å². The SMILES string of the molecule is Cc1ccccc1C(C/C(=N/O)c1cnccn1)c1ccc(Br)cc1. The van der Waals surface area contributed by atoms with Crippen LogP contribution in [0.5, 0.6) is 0 Å². The maximum Gasteiger partial charge on any atom is 0.108 e. The molecule has 0 saturated carbocycles. The topological polar surface area (TPSA) is 58.4 Å². The van der Waals surface area contributed by atoms with E-state index in [0.717, 1.165) is 10.0 Å². The average molecular weight is 396 g/mol. The molecule has 0 spiro atoms. The quantitative estimate of drug-likeness (QED) is 0.377. The first kappa shape index (κ1) is 17.3. The average Bonchev–Trinajstić information content (AvgIpc) is 2.65. The fourth-order valence-corrected chi connectivity index (χ4v) is 3.18. The van der Waals surface area contributed by atoms with E-state index in [0.29, 0.717) is 17.8 Å². The van der Waals surface area contributed by atoms with E-state index in [4.69, 9.17) is 0 Å². The molecule has 3 aromatic rings. The summed E-state index contributed by atoms with van der Waals surface area (Å²) in [6, 6.07) is 16.5. The van der Waals surface area contributed by atoms with Gasteiger partial charge in [0, 0.05) is 29.2 Å². The van der Waals surface area contributed by atoms with Gasteiger partial charge in [-0.25, -0.2) is 0 Å². The Bertz CT molecular complexity index is 864. The molecule has 1 aromatic heterocycles. The van der Waals surface area contributed by atoms with Gasteiger partial charge >= 0.3 is 0 Å². The molecule has 0 aliphatic heterocycles. The van der Waals surface area contributed by atoms with Gasteiger partial charge in [0.05, 0.1) is 6.20 Å². The molecular formula is C20H18BrN3O. The smallest absolute Gasteiger partial charge is 0.108 e. The molecule has 3 rings (SSSR count). The molecule has 1 unspecified atom stereocenters. The van der Waals surface area contributed by atoms with Gasteiger partial charge in [-0.1, -0.05) is 57.5 Å². The van der Waals surface area contributed by atoms with Crippen molar-refractivity contribution in [2.75, 3.05) is 0 Å². The Balaban J connectivity index is 2.02. The molecule has 4 nitrogen and oxygen atoms in total. The summed E-state index contributed by atoms with van der Waals surface area (Å²) in [4.78, 5) is 8.34. The van der Waals surface area contributed by atoms with Crippen molar-refractivity contribution in [2.24, 2.45) is 5.16 Å². The second-order valence-corrected chi connectivity index (χ2v) is 6.72. The van der Waals surface area contributed by atoms with Crippen LogP contribution in [0.3, 0.4) is 0 Å². The third-order valence-electron chi connectivity index (χ3n) is 4.21. The highest BCUT2D eigenvalue weighted by Crippen LogP contribution is 2.32. The van der Waals surface area contributed by atoms with E-state index in [9.17, 15) is 5.21 Å². The summed E-state index contributed by atoms with van der Waals surface area (Å²) in [7, 11) is 0. The van der Waals surface area contributed by atoms with E-state index >= 15 is 0 Å². The van der Waals surface area contributed by atoms with Crippen molar-refractivity contribution in [3.8, 4) is 0 Å². The zero-order chi connectivity index (χ0) is 17.6. The Labute approximate surface area is 155 Å². The van der Waals surface area contributed by atoms with Crippen LogP contribution in [0.4, 0.5) is 0 Å². The Kier molecular flexibility index (Phi) is 5.56. The standard InChI is InChI=1S/C20H18BrN3O/c1-14-4-2-3-5-17(14)18(15-6-8-16(21)9-7-15)12-19(24-25)20-13-22-10-11-23-20/h2-11,13,18,25H,12H2,1H3/b24-19-. The molecule has 0 aliphatic rings. The molecule has 2 aromatic carbocycles. The number of oxime groups is 1. The lowest BCUT2D eigenvalue weighted by molar-refractivity contribution is 0.317. The van der Waals surface area contributed by atoms with E-state index in [-0.39, 0.29) is 5.92 Å². The summed E-state index contributed by atoms with van der Waals surface area (Å²) >= 11 is 3.48. The summed E-state index contributed by atoms with van der Waals surface area (Å²) < 4.78 is 1.03. The summed E-state index contributed by atoms with van der Waals surface area (Å²) in [5, 5.41) is 13.0. The minimum Gasteiger partial charge on any atom is -0.411 e. The Morgan fingerprint density at radius 2 is 1.88 bits per heavy atom. The number of nitrogens with zero attached hydrogens (tertiary/aromatic N) is 3. The molecular weight excluding hydrogens is 378 g/mol. The molecule has 0 radical (unpaired) electrons. The summed E-state index contributed by atoms with van der Waals surface area (Å²) in [6.07, 6.45) is 5.35. The van der Waals surface area contributed by atoms with Crippen molar-refractivity contribution >= 4 is 21.6 Å². The Morgan fingerprint density at radius 3 is 2.52 bits per heavy atom. The highest BCUT2D eigenvalue weighted by Gasteiger charge is 2.20. The predicted octanol–water partition coefficient (Wildman–Crippen LogP) is 4.95. The van der Waals surface area contributed by atoms with Crippen LogP contribution in [0.25, 0.3) is 0 Å². The molecule has 126 valence electrons. The summed E-state index contributed by atoms with van der Waals surface area (Å²) in [6.45, 7) is 2.10. The second-order valence-electron chi connectivity index (χ2n) is 5.80. The fourth-order valence-electron chi connectivity index (χ4n) is 2.92. The number of hydrogen-bond acceptors (Lipinski definition) is 4. The van der Waals surface area contributed by atoms with Gasteiger partial charge < -0.3 is 5.21 Å². The van der Waals surface area contributed by atoms with Gasteiger partial charge in [-0.15, -0.1) is 0 Å². The molecule has 0 saturated heterocycles. The van der Waals surface area contributed by atoms with Crippen molar-refractivity contribution in [3.63, 3.8) is 0 Å². The summed E-state index contributed by atoms with van der Waals surface area (Å²) in [5.74, 6) is 0.0576. The molecule has 1 heterocycles. The minimum absolute atomic E-state index is 0.0576. The maximum atomic E-state index is 9.55. The molecule has 25 heavy (non-hydrogen) atoms. The van der Waals surface area contributed by atoms with Crippen molar-refractivity contribution < 1.29 is 5.21 Å². The maximum absolute atomic E-state index is 9.55. The highest BCUT2D eigenvalue weighted by atomic mass is 79.9. The fraction of sp³-hybridized carbons (Fsp3) is 0.150. The van der Waals surface area contributed by atoms with Gasteiger partial charge in [-0.2, -0.15) is 0 Å². The van der Waals surface area contributed by atoms with E-state index < -0.39 is 0 Å². The van der Waals surface area contributed by atoms with Gasteiger partial charge in [0.15, 0.2) is 0 Å². The molecule has 5 heteroatoms. The van der Waals surface area contributed by atoms with Crippen molar-refractivity contribution in [2.45, 2.75) is 19.3 Å². The molecule has 0 aliphatic carbocycles. The van der Waals surface area contributed by atoms with E-state index in [1.165, 1.54) is 11.1 Å². The van der Waals surface area contributed by atoms with Crippen molar-refractivity contribution in [1.29, 1.82) is 0 Å². The van der Waals surface area contributed by atoms with E-state index in [1.807, 2.05) is 24.3 Å². The Hall–Kier alpha value is -2.53. The zero-order valence-corrected chi connectivity index (χ0v) is 15.4. The van der Waals surface area contributed by atoms with Crippen LogP contribution in [-0.2, 0) is 0 Å². The van der Waals surface area contributed by atoms with Gasteiger partial charge in [0.25, 0.3) is 0 Å². The number of rotatable bonds is 5. The molecule has 1 N–H and O–H groups in total. The van der Waals surface area contributed by atoms with Crippen LogP contribution in [0.15, 0.2) is 76.7 Å². The largest absolute Gasteiger partial charge is 0.411 e. The first-order chi connectivity index (χ1) is 12.2. The number of hydrogen-bond donors (Lipinski definition) is 1. The normalized spacial score (nSPS) is 12.8. The minimum atomic E-state index is 0.0576. The third kappa shape index (κ3) is 4.12. The first-order valence-corrected chi connectivity index (χ1v) is 8.76. The summed E-state index contributed by atoms with van der Waals surface area (Å²) in [5.41, 5.74) is 4.66. The van der Waals surface area contributed by atoms with E-state index in [1.54, 1.807) is 18.6 Å². The molecule has 1 atom stereocenters. The number of aromatic nitrogens is 2. The molecule has 0 bridgehead atoms. The molecule has 0 amide bonds. The van der Waals surface area contributed by atoms with Gasteiger partial charge in [0.2, 0.25) is 0 Å². The zero-order valence-electron chi connectivity index (χ0n) is 13.8.